The second-order valence-electron chi connectivity index (χ2n) is 6.15. The van der Waals surface area contributed by atoms with Crippen LogP contribution < -0.4 is 19.5 Å². The van der Waals surface area contributed by atoms with E-state index in [1.54, 1.807) is 42.7 Å². The fourth-order valence-corrected chi connectivity index (χ4v) is 2.68. The fraction of sp³-hybridized carbons (Fsp3) is 0.217. The Kier molecular flexibility index (Phi) is 7.05. The van der Waals surface area contributed by atoms with Crippen molar-refractivity contribution in [1.82, 2.24) is 4.98 Å². The van der Waals surface area contributed by atoms with Crippen molar-refractivity contribution in [3.05, 3.63) is 78.1 Å². The molecular weight excluding hydrogens is 368 g/mol. The SMILES string of the molecule is CCOc1ccc(NC(=O)c2ccc(OCc3ccncc3)c(OCC)c2)cc1. The Labute approximate surface area is 170 Å². The molecule has 1 heterocycles. The number of nitrogens with zero attached hydrogens (tertiary/aromatic N) is 1. The molecule has 1 N–H and O–H groups in total. The first-order valence-corrected chi connectivity index (χ1v) is 9.52. The minimum Gasteiger partial charge on any atom is -0.494 e. The highest BCUT2D eigenvalue weighted by molar-refractivity contribution is 6.04. The number of benzene rings is 2. The maximum atomic E-state index is 12.6. The molecule has 1 aromatic heterocycles. The highest BCUT2D eigenvalue weighted by Crippen LogP contribution is 2.29. The van der Waals surface area contributed by atoms with E-state index in [0.717, 1.165) is 11.3 Å². The maximum absolute atomic E-state index is 12.6. The number of aromatic nitrogens is 1. The number of rotatable bonds is 9. The van der Waals surface area contributed by atoms with Crippen molar-refractivity contribution < 1.29 is 19.0 Å². The molecule has 0 aliphatic heterocycles. The summed E-state index contributed by atoms with van der Waals surface area (Å²) in [4.78, 5) is 16.6. The van der Waals surface area contributed by atoms with Gasteiger partial charge in [-0.2, -0.15) is 0 Å². The van der Waals surface area contributed by atoms with Gasteiger partial charge in [-0.1, -0.05) is 0 Å². The van der Waals surface area contributed by atoms with E-state index in [2.05, 4.69) is 10.3 Å². The summed E-state index contributed by atoms with van der Waals surface area (Å²) in [6.07, 6.45) is 3.44. The van der Waals surface area contributed by atoms with Crippen molar-refractivity contribution in [3.63, 3.8) is 0 Å². The smallest absolute Gasteiger partial charge is 0.255 e. The second kappa shape index (κ2) is 10.1. The van der Waals surface area contributed by atoms with Crippen molar-refractivity contribution in [2.45, 2.75) is 20.5 Å². The summed E-state index contributed by atoms with van der Waals surface area (Å²) in [5, 5.41) is 2.88. The zero-order chi connectivity index (χ0) is 20.5. The molecule has 29 heavy (non-hydrogen) atoms. The predicted octanol–water partition coefficient (Wildman–Crippen LogP) is 4.71. The molecule has 0 saturated heterocycles. The molecular formula is C23H24N2O4. The number of ether oxygens (including phenoxy) is 3. The summed E-state index contributed by atoms with van der Waals surface area (Å²) in [5.41, 5.74) is 2.17. The Morgan fingerprint density at radius 3 is 2.28 bits per heavy atom. The third-order valence-corrected chi connectivity index (χ3v) is 4.07. The van der Waals surface area contributed by atoms with Crippen LogP contribution in [0.3, 0.4) is 0 Å². The lowest BCUT2D eigenvalue weighted by molar-refractivity contribution is 0.102. The van der Waals surface area contributed by atoms with Crippen LogP contribution in [0.4, 0.5) is 5.69 Å². The van der Waals surface area contributed by atoms with Crippen molar-refractivity contribution in [3.8, 4) is 17.2 Å². The summed E-state index contributed by atoms with van der Waals surface area (Å²) < 4.78 is 17.0. The molecule has 0 spiro atoms. The monoisotopic (exact) mass is 392 g/mol. The van der Waals surface area contributed by atoms with Crippen LogP contribution in [-0.4, -0.2) is 24.1 Å². The van der Waals surface area contributed by atoms with E-state index in [1.165, 1.54) is 0 Å². The number of carbonyl (C=O) groups is 1. The van der Waals surface area contributed by atoms with Crippen LogP contribution in [0, 0.1) is 0 Å². The minimum absolute atomic E-state index is 0.226. The molecule has 3 rings (SSSR count). The van der Waals surface area contributed by atoms with Gasteiger partial charge in [-0.15, -0.1) is 0 Å². The molecule has 6 nitrogen and oxygen atoms in total. The molecule has 0 bridgehead atoms. The van der Waals surface area contributed by atoms with Gasteiger partial charge in [-0.3, -0.25) is 9.78 Å². The zero-order valence-corrected chi connectivity index (χ0v) is 16.6. The quantitative estimate of drug-likeness (QED) is 0.571. The molecule has 0 unspecified atom stereocenters. The number of pyridine rings is 1. The third-order valence-electron chi connectivity index (χ3n) is 4.07. The van der Waals surface area contributed by atoms with E-state index in [1.807, 2.05) is 38.1 Å². The molecule has 0 aliphatic rings. The van der Waals surface area contributed by atoms with Crippen molar-refractivity contribution in [2.24, 2.45) is 0 Å². The molecule has 0 radical (unpaired) electrons. The van der Waals surface area contributed by atoms with Gasteiger partial charge in [0.25, 0.3) is 5.91 Å². The van der Waals surface area contributed by atoms with E-state index in [9.17, 15) is 4.79 Å². The Morgan fingerprint density at radius 1 is 0.862 bits per heavy atom. The molecule has 0 atom stereocenters. The van der Waals surface area contributed by atoms with Gasteiger partial charge in [0.1, 0.15) is 12.4 Å². The Hall–Kier alpha value is -3.54. The molecule has 3 aromatic rings. The van der Waals surface area contributed by atoms with Gasteiger partial charge >= 0.3 is 0 Å². The van der Waals surface area contributed by atoms with Crippen LogP contribution in [0.1, 0.15) is 29.8 Å². The Morgan fingerprint density at radius 2 is 1.59 bits per heavy atom. The number of nitrogens with one attached hydrogen (secondary N) is 1. The average molecular weight is 392 g/mol. The Balaban J connectivity index is 1.70. The van der Waals surface area contributed by atoms with E-state index in [4.69, 9.17) is 14.2 Å². The van der Waals surface area contributed by atoms with Gasteiger partial charge in [0.15, 0.2) is 11.5 Å². The van der Waals surface area contributed by atoms with Crippen molar-refractivity contribution >= 4 is 11.6 Å². The molecule has 1 amide bonds. The Bertz CT molecular complexity index is 927. The van der Waals surface area contributed by atoms with Crippen LogP contribution in [0.25, 0.3) is 0 Å². The predicted molar refractivity (Wildman–Crippen MR) is 112 cm³/mol. The minimum atomic E-state index is -0.226. The van der Waals surface area contributed by atoms with Crippen LogP contribution >= 0.6 is 0 Å². The van der Waals surface area contributed by atoms with Crippen LogP contribution in [0.2, 0.25) is 0 Å². The fourth-order valence-electron chi connectivity index (χ4n) is 2.68. The van der Waals surface area contributed by atoms with Gasteiger partial charge in [0.2, 0.25) is 0 Å². The van der Waals surface area contributed by atoms with Crippen molar-refractivity contribution in [1.29, 1.82) is 0 Å². The first kappa shape index (κ1) is 20.2. The molecule has 2 aromatic carbocycles. The van der Waals surface area contributed by atoms with E-state index in [0.29, 0.717) is 42.6 Å². The van der Waals surface area contributed by atoms with Gasteiger partial charge in [-0.25, -0.2) is 0 Å². The average Bonchev–Trinajstić information content (AvgIpc) is 2.75. The summed E-state index contributed by atoms with van der Waals surface area (Å²) >= 11 is 0. The zero-order valence-electron chi connectivity index (χ0n) is 16.6. The number of hydrogen-bond donors (Lipinski definition) is 1. The highest BCUT2D eigenvalue weighted by atomic mass is 16.5. The summed E-state index contributed by atoms with van der Waals surface area (Å²) in [6, 6.07) is 16.2. The van der Waals surface area contributed by atoms with Gasteiger partial charge in [0.05, 0.1) is 13.2 Å². The van der Waals surface area contributed by atoms with Crippen molar-refractivity contribution in [2.75, 3.05) is 18.5 Å². The van der Waals surface area contributed by atoms with E-state index in [-0.39, 0.29) is 5.91 Å². The normalized spacial score (nSPS) is 10.3. The number of carbonyl (C=O) groups excluding carboxylic acids is 1. The largest absolute Gasteiger partial charge is 0.494 e. The van der Waals surface area contributed by atoms with E-state index >= 15 is 0 Å². The number of hydrogen-bond acceptors (Lipinski definition) is 5. The summed E-state index contributed by atoms with van der Waals surface area (Å²) in [7, 11) is 0. The van der Waals surface area contributed by atoms with Gasteiger partial charge in [-0.05, 0) is 74.0 Å². The maximum Gasteiger partial charge on any atom is 0.255 e. The van der Waals surface area contributed by atoms with Gasteiger partial charge in [0, 0.05) is 23.6 Å². The second-order valence-corrected chi connectivity index (χ2v) is 6.15. The lowest BCUT2D eigenvalue weighted by atomic mass is 10.1. The van der Waals surface area contributed by atoms with E-state index < -0.39 is 0 Å². The number of anilines is 1. The van der Waals surface area contributed by atoms with Gasteiger partial charge < -0.3 is 19.5 Å². The molecule has 0 saturated carbocycles. The summed E-state index contributed by atoms with van der Waals surface area (Å²) in [5.74, 6) is 1.65. The molecule has 150 valence electrons. The van der Waals surface area contributed by atoms with Crippen LogP contribution in [0.5, 0.6) is 17.2 Å². The summed E-state index contributed by atoms with van der Waals surface area (Å²) in [6.45, 7) is 5.27. The number of amides is 1. The highest BCUT2D eigenvalue weighted by Gasteiger charge is 2.12. The first-order chi connectivity index (χ1) is 14.2. The lowest BCUT2D eigenvalue weighted by Gasteiger charge is -2.14. The topological polar surface area (TPSA) is 69.7 Å². The lowest BCUT2D eigenvalue weighted by Crippen LogP contribution is -2.12. The molecule has 0 aliphatic carbocycles. The standard InChI is InChI=1S/C23H24N2O4/c1-3-27-20-8-6-19(7-9-20)25-23(26)18-5-10-21(22(15-18)28-4-2)29-16-17-11-13-24-14-12-17/h5-15H,3-4,16H2,1-2H3,(H,25,26). The molecule has 6 heteroatoms. The molecule has 0 fully saturated rings. The first-order valence-electron chi connectivity index (χ1n) is 9.52. The van der Waals surface area contributed by atoms with Crippen LogP contribution in [-0.2, 0) is 6.61 Å². The van der Waals surface area contributed by atoms with Crippen LogP contribution in [0.15, 0.2) is 67.0 Å². The third kappa shape index (κ3) is 5.72.